The predicted octanol–water partition coefficient (Wildman–Crippen LogP) is 4.08. The molecule has 0 aromatic heterocycles. The second kappa shape index (κ2) is 38.8. The molecule has 534 valence electrons. The first kappa shape index (κ1) is 84.6. The van der Waals surface area contributed by atoms with E-state index in [0.29, 0.717) is 0 Å². The van der Waals surface area contributed by atoms with E-state index in [1.54, 1.807) is 60.6 Å². The van der Waals surface area contributed by atoms with Crippen molar-refractivity contribution in [2.24, 2.45) is 35.5 Å². The quantitative estimate of drug-likeness (QED) is 0.105. The summed E-state index contributed by atoms with van der Waals surface area (Å²) in [6.07, 6.45) is 2.57. The maximum absolute atomic E-state index is 15.5. The highest BCUT2D eigenvalue weighted by molar-refractivity contribution is 6.00. The highest BCUT2D eigenvalue weighted by Gasteiger charge is 2.47. The molecule has 11 amide bonds. The zero-order valence-electron chi connectivity index (χ0n) is 61.2. The van der Waals surface area contributed by atoms with E-state index in [2.05, 4.69) is 27.8 Å². The van der Waals surface area contributed by atoms with Crippen molar-refractivity contribution in [2.75, 3.05) is 55.9 Å². The van der Waals surface area contributed by atoms with Crippen LogP contribution in [0.1, 0.15) is 170 Å². The van der Waals surface area contributed by atoms with Crippen molar-refractivity contribution in [2.45, 2.75) is 242 Å². The maximum Gasteiger partial charge on any atom is 0.305 e. The number of amides is 11. The van der Waals surface area contributed by atoms with Crippen LogP contribution in [0, 0.1) is 35.5 Å². The van der Waals surface area contributed by atoms with E-state index in [4.69, 9.17) is 9.47 Å². The molecule has 94 heavy (non-hydrogen) atoms. The second-order valence-electron chi connectivity index (χ2n) is 27.2. The third-order valence-electron chi connectivity index (χ3n) is 17.5. The smallest absolute Gasteiger partial charge is 0.305 e. The zero-order chi connectivity index (χ0) is 72.8. The van der Waals surface area contributed by atoms with E-state index in [0.717, 1.165) is 26.5 Å². The average Bonchev–Trinajstić information content (AvgIpc) is 0.805. The van der Waals surface area contributed by atoms with E-state index >= 15 is 19.2 Å². The van der Waals surface area contributed by atoms with Crippen molar-refractivity contribution in [1.29, 1.82) is 0 Å². The maximum atomic E-state index is 15.5. The lowest BCUT2D eigenvalue weighted by Gasteiger charge is -2.42. The van der Waals surface area contributed by atoms with Gasteiger partial charge in [-0.15, -0.1) is 0 Å². The van der Waals surface area contributed by atoms with Crippen molar-refractivity contribution in [3.05, 3.63) is 24.3 Å². The van der Waals surface area contributed by atoms with E-state index in [1.165, 1.54) is 91.7 Å². The highest BCUT2D eigenvalue weighted by Crippen LogP contribution is 2.28. The number of carbonyl (C=O) groups is 13. The molecular weight excluding hydrogens is 1210 g/mol. The number of carbonyl (C=O) groups excluding carboxylic acids is 13. The molecule has 0 aliphatic carbocycles. The molecule has 0 radical (unpaired) electrons. The van der Waals surface area contributed by atoms with Gasteiger partial charge < -0.3 is 65.0 Å². The van der Waals surface area contributed by atoms with Crippen LogP contribution in [0.5, 0.6) is 0 Å². The Morgan fingerprint density at radius 3 is 1.45 bits per heavy atom. The highest BCUT2D eigenvalue weighted by atomic mass is 16.5. The number of nitrogens with zero attached hydrogens (tertiary/aromatic N) is 7. The number of nitrogens with one attached hydrogen (secondary N) is 4. The zero-order valence-corrected chi connectivity index (χ0v) is 61.2. The number of ether oxygens (including phenoxy) is 2. The van der Waals surface area contributed by atoms with E-state index in [1.807, 2.05) is 41.5 Å². The van der Waals surface area contributed by atoms with Gasteiger partial charge in [-0.05, 0) is 121 Å². The lowest BCUT2D eigenvalue weighted by atomic mass is 9.91. The molecule has 1 heterocycles. The minimum absolute atomic E-state index is 0.0118. The lowest BCUT2D eigenvalue weighted by Crippen LogP contribution is -2.64. The van der Waals surface area contributed by atoms with Gasteiger partial charge in [0.15, 0.2) is 0 Å². The Bertz CT molecular complexity index is 2700. The number of allylic oxidation sites excluding steroid dienone is 2. The Morgan fingerprint density at radius 2 is 0.979 bits per heavy atom. The molecule has 0 aromatic rings. The lowest BCUT2D eigenvalue weighted by molar-refractivity contribution is -0.164. The van der Waals surface area contributed by atoms with Crippen LogP contribution in [-0.4, -0.2) is 240 Å². The Morgan fingerprint density at radius 1 is 0.521 bits per heavy atom. The molecule has 1 saturated heterocycles. The molecule has 1 rings (SSSR count). The summed E-state index contributed by atoms with van der Waals surface area (Å²) in [7, 11) is 9.63. The summed E-state index contributed by atoms with van der Waals surface area (Å²) in [4.78, 5) is 197. The molecule has 26 nitrogen and oxygen atoms in total. The van der Waals surface area contributed by atoms with Gasteiger partial charge in [-0.3, -0.25) is 62.3 Å². The number of rotatable bonds is 19. The van der Waals surface area contributed by atoms with Gasteiger partial charge in [0.2, 0.25) is 65.0 Å². The fraction of sp³-hybridized carbons (Fsp3) is 0.750. The molecule has 0 spiro atoms. The minimum Gasteiger partial charge on any atom is -0.466 e. The Labute approximate surface area is 560 Å². The molecule has 26 heteroatoms. The van der Waals surface area contributed by atoms with Crippen molar-refractivity contribution in [3.8, 4) is 0 Å². The van der Waals surface area contributed by atoms with Crippen LogP contribution in [0.15, 0.2) is 24.3 Å². The van der Waals surface area contributed by atoms with Crippen LogP contribution in [-0.2, 0) is 71.8 Å². The Hall–Kier alpha value is -7.41. The van der Waals surface area contributed by atoms with Gasteiger partial charge >= 0.3 is 11.9 Å². The number of esters is 2. The number of likely N-dealkylation sites (N-methyl/N-ethyl adjacent to an activating group) is 7. The third-order valence-corrected chi connectivity index (χ3v) is 17.5. The van der Waals surface area contributed by atoms with E-state index in [9.17, 15) is 43.2 Å². The standard InChI is InChI=1S/C68H117N11O15/c1-27-30-31-43(15)57(94-47(19)80)56-61(85)71-48(28-2)64(88)73(20)46(18)63(87)78(25)55(42(14)32-33-52(81)93-29-3)60(84)72-53(40(10)11)67(91)74(21)49(34-37(4)5)59(83)69-44(16)58(82)70-45(17)62(86)75(22)50(35-38(6)7)65(89)76(23)51(36-39(8)9)66(90)77(24)54(41(12)13)68(92)79(56)26/h27,30,37-39,41-46,48-51,53-57H,10,28-29,31-36H2,1-9,11-26H3,(H,69,83)(H,70,82)(H,71,85)(H,72,84). The number of hydrogen-bond donors (Lipinski definition) is 4. The molecule has 14 unspecified atom stereocenters. The van der Waals surface area contributed by atoms with Crippen LogP contribution in [0.3, 0.4) is 0 Å². The van der Waals surface area contributed by atoms with Gasteiger partial charge in [0.1, 0.15) is 72.6 Å². The molecule has 1 aliphatic heterocycles. The van der Waals surface area contributed by atoms with Crippen LogP contribution in [0.25, 0.3) is 0 Å². The predicted molar refractivity (Wildman–Crippen MR) is 358 cm³/mol. The fourth-order valence-electron chi connectivity index (χ4n) is 11.7. The fourth-order valence-corrected chi connectivity index (χ4v) is 11.7. The van der Waals surface area contributed by atoms with Gasteiger partial charge in [0.25, 0.3) is 0 Å². The second-order valence-corrected chi connectivity index (χ2v) is 27.2. The van der Waals surface area contributed by atoms with Crippen LogP contribution >= 0.6 is 0 Å². The van der Waals surface area contributed by atoms with Crippen LogP contribution in [0.2, 0.25) is 0 Å². The van der Waals surface area contributed by atoms with E-state index in [-0.39, 0.29) is 74.9 Å². The van der Waals surface area contributed by atoms with Crippen LogP contribution in [0.4, 0.5) is 0 Å². The third kappa shape index (κ3) is 23.5. The van der Waals surface area contributed by atoms with Gasteiger partial charge in [-0.2, -0.15) is 0 Å². The van der Waals surface area contributed by atoms with Gasteiger partial charge in [0.05, 0.1) is 6.61 Å². The molecule has 14 atom stereocenters. The first-order valence-electron chi connectivity index (χ1n) is 33.2. The molecule has 0 bridgehead atoms. The first-order chi connectivity index (χ1) is 43.5. The van der Waals surface area contributed by atoms with Gasteiger partial charge in [-0.25, -0.2) is 0 Å². The largest absolute Gasteiger partial charge is 0.466 e. The molecule has 0 saturated carbocycles. The summed E-state index contributed by atoms with van der Waals surface area (Å²) in [5.74, 6) is -12.4. The van der Waals surface area contributed by atoms with Gasteiger partial charge in [0, 0.05) is 62.7 Å². The first-order valence-corrected chi connectivity index (χ1v) is 33.2. The number of hydrogen-bond acceptors (Lipinski definition) is 15. The Balaban J connectivity index is 4.58. The topological polar surface area (TPSA) is 311 Å². The molecule has 4 N–H and O–H groups in total. The molecule has 1 aliphatic rings. The van der Waals surface area contributed by atoms with Gasteiger partial charge in [-0.1, -0.05) is 94.9 Å². The summed E-state index contributed by atoms with van der Waals surface area (Å²) in [5, 5.41) is 10.9. The summed E-state index contributed by atoms with van der Waals surface area (Å²) >= 11 is 0. The Kier molecular flexibility index (Phi) is 34.9. The average molecular weight is 1330 g/mol. The molecule has 0 aromatic carbocycles. The van der Waals surface area contributed by atoms with Crippen LogP contribution < -0.4 is 21.3 Å². The SMILES string of the molecule is C=C(C)C1NC(=O)C(C(C)CCC(=O)OCC)N(C)C(=O)C(C)N(C)C(=O)C(CC)NC(=O)C(C(OC(C)=O)C(C)CC=CC)N(C)C(=O)C(C(C)C)N(C)C(=O)C(CC(C)C)N(C)C(=O)C(CC(C)C)N(C)C(=O)C(C)NC(=O)C(C)NC(=O)C(CC(C)C)N(C)C1=O. The normalized spacial score (nSPS) is 26.3. The molecule has 1 fully saturated rings. The molecular formula is C68H117N11O15. The monoisotopic (exact) mass is 1330 g/mol. The summed E-state index contributed by atoms with van der Waals surface area (Å²) in [5.41, 5.74) is 0.139. The summed E-state index contributed by atoms with van der Waals surface area (Å²) in [6, 6.07) is -14.9. The van der Waals surface area contributed by atoms with Crippen molar-refractivity contribution in [3.63, 3.8) is 0 Å². The summed E-state index contributed by atoms with van der Waals surface area (Å²) in [6.45, 7) is 33.8. The van der Waals surface area contributed by atoms with Crippen molar-refractivity contribution < 1.29 is 71.8 Å². The van der Waals surface area contributed by atoms with E-state index < -0.39 is 167 Å². The van der Waals surface area contributed by atoms with Crippen molar-refractivity contribution in [1.82, 2.24) is 55.6 Å². The minimum atomic E-state index is -1.66. The summed E-state index contributed by atoms with van der Waals surface area (Å²) < 4.78 is 11.1. The van der Waals surface area contributed by atoms with Crippen molar-refractivity contribution >= 4 is 76.9 Å².